The molecule has 424 valence electrons. The molecule has 0 aliphatic heterocycles. The molecule has 0 aromatic carbocycles. The molecule has 0 saturated carbocycles. The second-order valence-electron chi connectivity index (χ2n) is 22.1. The fourth-order valence-corrected chi connectivity index (χ4v) is 9.96. The number of aliphatic hydroxyl groups is 2. The molecule has 0 saturated heterocycles. The molecular weight excluding hydrogens is 887 g/mol. The molecule has 0 aromatic heterocycles. The maximum atomic E-state index is 12.5. The average Bonchev–Trinajstić information content (AvgIpc) is 3.38. The van der Waals surface area contributed by atoms with E-state index in [0.29, 0.717) is 25.9 Å². The maximum absolute atomic E-state index is 12.5. The Hall–Kier alpha value is -1.92. The van der Waals surface area contributed by atoms with Gasteiger partial charge in [-0.15, -0.1) is 0 Å². The van der Waals surface area contributed by atoms with E-state index in [-0.39, 0.29) is 18.5 Å². The number of allylic oxidation sites excluding steroid dienone is 6. The van der Waals surface area contributed by atoms with E-state index in [1.807, 2.05) is 0 Å². The highest BCUT2D eigenvalue weighted by molar-refractivity contribution is 5.76. The van der Waals surface area contributed by atoms with Gasteiger partial charge in [-0.3, -0.25) is 9.59 Å². The number of carbonyl (C=O) groups is 2. The SMILES string of the molecule is CCCCC/C=C\C/C=C\CCCCCCCCCCCC(=O)OCCCCCCCC/C=C\CCCCCC(=O)NC(CO)C(O)CCCCCCCCCCCCCCCCCCCCCCCCC. The van der Waals surface area contributed by atoms with Crippen LogP contribution in [0.4, 0.5) is 0 Å². The van der Waals surface area contributed by atoms with Crippen LogP contribution in [0.1, 0.15) is 348 Å². The minimum absolute atomic E-state index is 0.0155. The molecule has 0 spiro atoms. The number of amides is 1. The van der Waals surface area contributed by atoms with E-state index >= 15 is 0 Å². The highest BCUT2D eigenvalue weighted by Gasteiger charge is 2.20. The lowest BCUT2D eigenvalue weighted by atomic mass is 10.0. The van der Waals surface area contributed by atoms with Crippen LogP contribution < -0.4 is 5.32 Å². The molecule has 0 aliphatic rings. The number of carbonyl (C=O) groups excluding carboxylic acids is 2. The van der Waals surface area contributed by atoms with Gasteiger partial charge in [0, 0.05) is 12.8 Å². The number of esters is 1. The van der Waals surface area contributed by atoms with Crippen LogP contribution in [0.2, 0.25) is 0 Å². The number of hydrogen-bond donors (Lipinski definition) is 3. The molecule has 0 bridgehead atoms. The van der Waals surface area contributed by atoms with Gasteiger partial charge >= 0.3 is 5.97 Å². The zero-order chi connectivity index (χ0) is 52.2. The van der Waals surface area contributed by atoms with Gasteiger partial charge in [-0.25, -0.2) is 0 Å². The van der Waals surface area contributed by atoms with Crippen molar-refractivity contribution < 1.29 is 24.5 Å². The van der Waals surface area contributed by atoms with Crippen LogP contribution in [-0.4, -0.2) is 47.4 Å². The predicted molar refractivity (Wildman–Crippen MR) is 315 cm³/mol. The van der Waals surface area contributed by atoms with Crippen molar-refractivity contribution in [1.29, 1.82) is 0 Å². The first kappa shape index (κ1) is 70.1. The molecule has 1 amide bonds. The number of ether oxygens (including phenoxy) is 1. The zero-order valence-corrected chi connectivity index (χ0v) is 48.4. The second kappa shape index (κ2) is 61.6. The summed E-state index contributed by atoms with van der Waals surface area (Å²) in [6.45, 7) is 4.91. The summed E-state index contributed by atoms with van der Waals surface area (Å²) in [4.78, 5) is 24.6. The van der Waals surface area contributed by atoms with Crippen LogP contribution in [-0.2, 0) is 14.3 Å². The van der Waals surface area contributed by atoms with E-state index in [1.54, 1.807) is 0 Å². The Bertz CT molecular complexity index is 1170. The molecule has 0 aromatic rings. The van der Waals surface area contributed by atoms with Crippen LogP contribution in [0, 0.1) is 0 Å². The van der Waals surface area contributed by atoms with Crippen molar-refractivity contribution in [2.75, 3.05) is 13.2 Å². The van der Waals surface area contributed by atoms with Crippen molar-refractivity contribution >= 4 is 11.9 Å². The van der Waals surface area contributed by atoms with Crippen molar-refractivity contribution in [3.63, 3.8) is 0 Å². The van der Waals surface area contributed by atoms with Crippen molar-refractivity contribution in [2.45, 2.75) is 360 Å². The third-order valence-corrected chi connectivity index (χ3v) is 14.9. The van der Waals surface area contributed by atoms with Gasteiger partial charge < -0.3 is 20.3 Å². The van der Waals surface area contributed by atoms with Gasteiger partial charge in [0.15, 0.2) is 0 Å². The normalized spacial score (nSPS) is 12.8. The third-order valence-electron chi connectivity index (χ3n) is 14.9. The lowest BCUT2D eigenvalue weighted by Gasteiger charge is -2.22. The van der Waals surface area contributed by atoms with Crippen LogP contribution in [0.15, 0.2) is 36.5 Å². The Balaban J connectivity index is 3.47. The largest absolute Gasteiger partial charge is 0.466 e. The Morgan fingerprint density at radius 2 is 0.694 bits per heavy atom. The summed E-state index contributed by atoms with van der Waals surface area (Å²) in [5, 5.41) is 23.4. The number of unbranched alkanes of at least 4 members (excludes halogenated alkanes) is 43. The molecule has 6 nitrogen and oxygen atoms in total. The molecule has 6 heteroatoms. The van der Waals surface area contributed by atoms with Crippen molar-refractivity contribution in [3.8, 4) is 0 Å². The average molecular weight is 1010 g/mol. The molecule has 72 heavy (non-hydrogen) atoms. The first-order chi connectivity index (χ1) is 35.5. The molecule has 0 rings (SSSR count). The summed E-state index contributed by atoms with van der Waals surface area (Å²) in [5.74, 6) is -0.0775. The quantitative estimate of drug-likeness (QED) is 0.0320. The smallest absolute Gasteiger partial charge is 0.305 e. The van der Waals surface area contributed by atoms with Crippen LogP contribution in [0.3, 0.4) is 0 Å². The fourth-order valence-electron chi connectivity index (χ4n) is 9.96. The minimum Gasteiger partial charge on any atom is -0.466 e. The summed E-state index contributed by atoms with van der Waals surface area (Å²) in [7, 11) is 0. The van der Waals surface area contributed by atoms with E-state index in [9.17, 15) is 19.8 Å². The number of rotatable bonds is 60. The monoisotopic (exact) mass is 1010 g/mol. The molecule has 0 radical (unpaired) electrons. The Morgan fingerprint density at radius 1 is 0.389 bits per heavy atom. The maximum Gasteiger partial charge on any atom is 0.305 e. The minimum atomic E-state index is -0.684. The number of hydrogen-bond acceptors (Lipinski definition) is 5. The van der Waals surface area contributed by atoms with Gasteiger partial charge in [0.1, 0.15) is 0 Å². The van der Waals surface area contributed by atoms with Gasteiger partial charge in [0.25, 0.3) is 0 Å². The molecule has 2 unspecified atom stereocenters. The summed E-state index contributed by atoms with van der Waals surface area (Å²) in [5.41, 5.74) is 0. The van der Waals surface area contributed by atoms with Gasteiger partial charge in [-0.05, 0) is 83.5 Å². The van der Waals surface area contributed by atoms with Gasteiger partial charge in [0.05, 0.1) is 25.4 Å². The zero-order valence-electron chi connectivity index (χ0n) is 48.4. The fraction of sp³-hybridized carbons (Fsp3) is 0.879. The van der Waals surface area contributed by atoms with Crippen molar-refractivity contribution in [3.05, 3.63) is 36.5 Å². The van der Waals surface area contributed by atoms with Crippen LogP contribution in [0.5, 0.6) is 0 Å². The van der Waals surface area contributed by atoms with Crippen molar-refractivity contribution in [2.24, 2.45) is 0 Å². The van der Waals surface area contributed by atoms with Gasteiger partial charge in [-0.2, -0.15) is 0 Å². The molecular formula is C66H125NO5. The summed E-state index contributed by atoms with van der Waals surface area (Å²) in [6, 6.07) is -0.564. The Labute approximate surface area is 449 Å². The topological polar surface area (TPSA) is 95.9 Å². The summed E-state index contributed by atoms with van der Waals surface area (Å²) >= 11 is 0. The first-order valence-corrected chi connectivity index (χ1v) is 32.2. The van der Waals surface area contributed by atoms with Crippen LogP contribution >= 0.6 is 0 Å². The molecule has 0 aliphatic carbocycles. The number of aliphatic hydroxyl groups excluding tert-OH is 2. The molecule has 0 heterocycles. The molecule has 2 atom stereocenters. The van der Waals surface area contributed by atoms with E-state index in [1.165, 1.54) is 238 Å². The lowest BCUT2D eigenvalue weighted by Crippen LogP contribution is -2.45. The van der Waals surface area contributed by atoms with Gasteiger partial charge in [0.2, 0.25) is 5.91 Å². The second-order valence-corrected chi connectivity index (χ2v) is 22.1. The van der Waals surface area contributed by atoms with E-state index in [0.717, 1.165) is 77.0 Å². The van der Waals surface area contributed by atoms with Gasteiger partial charge in [-0.1, -0.05) is 288 Å². The number of nitrogens with one attached hydrogen (secondary N) is 1. The Kier molecular flexibility index (Phi) is 60.0. The first-order valence-electron chi connectivity index (χ1n) is 32.2. The standard InChI is InChI=1S/C66H125NO5/c1-3-5-7-9-11-13-15-17-19-21-23-24-25-26-28-29-31-34-38-42-46-50-54-58-64(69)63(62-68)67-65(70)59-55-51-47-43-39-35-33-37-41-45-49-53-57-61-72-66(71)60-56-52-48-44-40-36-32-30-27-22-20-18-16-14-12-10-8-6-4-2/h12,14,18,20,35,39,63-64,68-69H,3-11,13,15-17,19,21-34,36-38,40-62H2,1-2H3,(H,67,70)/b14-12-,20-18-,39-35-. The highest BCUT2D eigenvalue weighted by atomic mass is 16.5. The van der Waals surface area contributed by atoms with E-state index < -0.39 is 12.1 Å². The highest BCUT2D eigenvalue weighted by Crippen LogP contribution is 2.18. The summed E-state index contributed by atoms with van der Waals surface area (Å²) in [6.07, 6.45) is 77.3. The lowest BCUT2D eigenvalue weighted by molar-refractivity contribution is -0.143. The van der Waals surface area contributed by atoms with Crippen LogP contribution in [0.25, 0.3) is 0 Å². The third kappa shape index (κ3) is 57.4. The summed E-state index contributed by atoms with van der Waals surface area (Å²) < 4.78 is 5.48. The predicted octanol–water partition coefficient (Wildman–Crippen LogP) is 20.4. The van der Waals surface area contributed by atoms with Crippen molar-refractivity contribution in [1.82, 2.24) is 5.32 Å². The van der Waals surface area contributed by atoms with E-state index in [4.69, 9.17) is 4.74 Å². The molecule has 0 fully saturated rings. The van der Waals surface area contributed by atoms with E-state index in [2.05, 4.69) is 55.6 Å². The molecule has 3 N–H and O–H groups in total. The Morgan fingerprint density at radius 3 is 1.11 bits per heavy atom.